The van der Waals surface area contributed by atoms with E-state index in [4.69, 9.17) is 17.3 Å². The highest BCUT2D eigenvalue weighted by Crippen LogP contribution is 2.29. The molecule has 0 aliphatic rings. The van der Waals surface area contributed by atoms with E-state index < -0.39 is 5.97 Å². The molecule has 4 heteroatoms. The van der Waals surface area contributed by atoms with Crippen molar-refractivity contribution in [3.63, 3.8) is 0 Å². The molecule has 0 saturated carbocycles. The maximum Gasteiger partial charge on any atom is 0.339 e. The molecule has 2 aromatic rings. The van der Waals surface area contributed by atoms with Crippen molar-refractivity contribution in [2.24, 2.45) is 0 Å². The van der Waals surface area contributed by atoms with Gasteiger partial charge in [-0.2, -0.15) is 0 Å². The average Bonchev–Trinajstić information content (AvgIpc) is 2.40. The lowest BCUT2D eigenvalue weighted by molar-refractivity contribution is 0.0602. The van der Waals surface area contributed by atoms with E-state index in [1.807, 2.05) is 31.2 Å². The van der Waals surface area contributed by atoms with Gasteiger partial charge in [0.2, 0.25) is 0 Å². The number of nitrogens with two attached hydrogens (primary N) is 1. The molecule has 0 unspecified atom stereocenters. The summed E-state index contributed by atoms with van der Waals surface area (Å²) in [4.78, 5) is 11.5. The molecule has 0 heterocycles. The van der Waals surface area contributed by atoms with Gasteiger partial charge in [0, 0.05) is 10.7 Å². The first-order valence-corrected chi connectivity index (χ1v) is 6.15. The summed E-state index contributed by atoms with van der Waals surface area (Å²) in [6.45, 7) is 2.00. The van der Waals surface area contributed by atoms with E-state index in [9.17, 15) is 4.79 Å². The van der Waals surface area contributed by atoms with Gasteiger partial charge in [0.1, 0.15) is 0 Å². The van der Waals surface area contributed by atoms with Crippen LogP contribution in [0.5, 0.6) is 0 Å². The number of carbonyl (C=O) groups is 1. The van der Waals surface area contributed by atoms with E-state index in [0.717, 1.165) is 16.7 Å². The maximum atomic E-state index is 11.5. The highest BCUT2D eigenvalue weighted by Gasteiger charge is 2.11. The Balaban J connectivity index is 2.50. The van der Waals surface area contributed by atoms with Gasteiger partial charge in [-0.1, -0.05) is 23.7 Å². The average molecular weight is 276 g/mol. The Kier molecular flexibility index (Phi) is 3.76. The normalized spacial score (nSPS) is 10.3. The second-order valence-corrected chi connectivity index (χ2v) is 4.69. The summed E-state index contributed by atoms with van der Waals surface area (Å²) in [5.41, 5.74) is 9.66. The van der Waals surface area contributed by atoms with Gasteiger partial charge >= 0.3 is 5.97 Å². The number of rotatable bonds is 2. The third-order valence-electron chi connectivity index (χ3n) is 2.97. The molecule has 0 spiro atoms. The predicted molar refractivity (Wildman–Crippen MR) is 77.4 cm³/mol. The predicted octanol–water partition coefficient (Wildman–Crippen LogP) is 3.68. The number of benzene rings is 2. The smallest absolute Gasteiger partial charge is 0.339 e. The third kappa shape index (κ3) is 2.71. The van der Waals surface area contributed by atoms with Gasteiger partial charge in [-0.25, -0.2) is 4.79 Å². The number of carbonyl (C=O) groups excluding carboxylic acids is 1. The molecule has 2 aromatic carbocycles. The van der Waals surface area contributed by atoms with Crippen LogP contribution in [0, 0.1) is 6.92 Å². The molecule has 98 valence electrons. The zero-order chi connectivity index (χ0) is 14.0. The quantitative estimate of drug-likeness (QED) is 0.672. The summed E-state index contributed by atoms with van der Waals surface area (Å²) in [6.07, 6.45) is 0. The number of hydrogen-bond acceptors (Lipinski definition) is 3. The minimum Gasteiger partial charge on any atom is -0.465 e. The van der Waals surface area contributed by atoms with E-state index in [2.05, 4.69) is 4.74 Å². The van der Waals surface area contributed by atoms with Gasteiger partial charge < -0.3 is 10.5 Å². The van der Waals surface area contributed by atoms with Gasteiger partial charge in [-0.05, 0) is 47.9 Å². The first kappa shape index (κ1) is 13.4. The Morgan fingerprint density at radius 2 is 1.95 bits per heavy atom. The van der Waals surface area contributed by atoms with Gasteiger partial charge in [-0.3, -0.25) is 0 Å². The first-order valence-electron chi connectivity index (χ1n) is 5.77. The third-order valence-corrected chi connectivity index (χ3v) is 3.20. The number of halogens is 1. The van der Waals surface area contributed by atoms with Crippen LogP contribution in [0.15, 0.2) is 36.4 Å². The highest BCUT2D eigenvalue weighted by molar-refractivity contribution is 6.30. The van der Waals surface area contributed by atoms with Crippen molar-refractivity contribution in [1.82, 2.24) is 0 Å². The van der Waals surface area contributed by atoms with Crippen molar-refractivity contribution in [2.75, 3.05) is 12.8 Å². The van der Waals surface area contributed by atoms with Crippen LogP contribution < -0.4 is 5.73 Å². The number of anilines is 1. The molecule has 0 atom stereocenters. The molecule has 0 bridgehead atoms. The fourth-order valence-corrected chi connectivity index (χ4v) is 2.10. The number of aryl methyl sites for hydroxylation is 1. The summed E-state index contributed by atoms with van der Waals surface area (Å²) < 4.78 is 4.67. The van der Waals surface area contributed by atoms with Crippen LogP contribution in [-0.4, -0.2) is 13.1 Å². The SMILES string of the molecule is COC(=O)c1ccc(-c2cc(Cl)ccc2C)cc1N. The highest BCUT2D eigenvalue weighted by atomic mass is 35.5. The Labute approximate surface area is 117 Å². The zero-order valence-electron chi connectivity index (χ0n) is 10.7. The van der Waals surface area contributed by atoms with Crippen molar-refractivity contribution in [3.05, 3.63) is 52.5 Å². The molecule has 0 aromatic heterocycles. The molecule has 19 heavy (non-hydrogen) atoms. The molecule has 0 aliphatic heterocycles. The topological polar surface area (TPSA) is 52.3 Å². The summed E-state index contributed by atoms with van der Waals surface area (Å²) in [5.74, 6) is -0.438. The Hall–Kier alpha value is -2.00. The van der Waals surface area contributed by atoms with E-state index in [1.165, 1.54) is 7.11 Å². The lowest BCUT2D eigenvalue weighted by atomic mass is 9.98. The largest absolute Gasteiger partial charge is 0.465 e. The summed E-state index contributed by atoms with van der Waals surface area (Å²) in [6, 6.07) is 10.9. The minimum absolute atomic E-state index is 0.367. The summed E-state index contributed by atoms with van der Waals surface area (Å²) >= 11 is 6.01. The second kappa shape index (κ2) is 5.33. The lowest BCUT2D eigenvalue weighted by Gasteiger charge is -2.10. The van der Waals surface area contributed by atoms with E-state index in [1.54, 1.807) is 12.1 Å². The number of hydrogen-bond donors (Lipinski definition) is 1. The van der Waals surface area contributed by atoms with Gasteiger partial charge in [0.15, 0.2) is 0 Å². The molecular weight excluding hydrogens is 262 g/mol. The van der Waals surface area contributed by atoms with Crippen LogP contribution in [0.2, 0.25) is 5.02 Å². The van der Waals surface area contributed by atoms with Crippen LogP contribution in [0.1, 0.15) is 15.9 Å². The van der Waals surface area contributed by atoms with E-state index in [0.29, 0.717) is 16.3 Å². The van der Waals surface area contributed by atoms with E-state index >= 15 is 0 Å². The van der Waals surface area contributed by atoms with Gasteiger partial charge in [0.05, 0.1) is 12.7 Å². The van der Waals surface area contributed by atoms with Crippen LogP contribution in [-0.2, 0) is 4.74 Å². The fourth-order valence-electron chi connectivity index (χ4n) is 1.93. The number of methoxy groups -OCH3 is 1. The van der Waals surface area contributed by atoms with Crippen molar-refractivity contribution in [1.29, 1.82) is 0 Å². The van der Waals surface area contributed by atoms with Crippen molar-refractivity contribution < 1.29 is 9.53 Å². The zero-order valence-corrected chi connectivity index (χ0v) is 11.5. The Morgan fingerprint density at radius 3 is 2.58 bits per heavy atom. The molecule has 2 N–H and O–H groups in total. The Bertz CT molecular complexity index is 638. The van der Waals surface area contributed by atoms with E-state index in [-0.39, 0.29) is 0 Å². The van der Waals surface area contributed by atoms with Gasteiger partial charge in [-0.15, -0.1) is 0 Å². The molecule has 3 nitrogen and oxygen atoms in total. The first-order chi connectivity index (χ1) is 9.02. The molecular formula is C15H14ClNO2. The number of ether oxygens (including phenoxy) is 1. The van der Waals surface area contributed by atoms with Crippen LogP contribution in [0.4, 0.5) is 5.69 Å². The lowest BCUT2D eigenvalue weighted by Crippen LogP contribution is -2.05. The molecule has 2 rings (SSSR count). The van der Waals surface area contributed by atoms with Crippen LogP contribution >= 0.6 is 11.6 Å². The fraction of sp³-hybridized carbons (Fsp3) is 0.133. The summed E-state index contributed by atoms with van der Waals surface area (Å²) in [7, 11) is 1.33. The maximum absolute atomic E-state index is 11.5. The Morgan fingerprint density at radius 1 is 1.21 bits per heavy atom. The molecule has 0 aliphatic carbocycles. The standard InChI is InChI=1S/C15H14ClNO2/c1-9-3-5-11(16)8-13(9)10-4-6-12(14(17)7-10)15(18)19-2/h3-8H,17H2,1-2H3. The van der Waals surface area contributed by atoms with Crippen LogP contribution in [0.3, 0.4) is 0 Å². The molecule has 0 radical (unpaired) electrons. The monoisotopic (exact) mass is 275 g/mol. The molecule has 0 saturated heterocycles. The van der Waals surface area contributed by atoms with Crippen molar-refractivity contribution in [2.45, 2.75) is 6.92 Å². The number of esters is 1. The molecule has 0 fully saturated rings. The van der Waals surface area contributed by atoms with Crippen molar-refractivity contribution in [3.8, 4) is 11.1 Å². The summed E-state index contributed by atoms with van der Waals surface area (Å²) in [5, 5.41) is 0.663. The second-order valence-electron chi connectivity index (χ2n) is 4.25. The number of nitrogen functional groups attached to an aromatic ring is 1. The van der Waals surface area contributed by atoms with Crippen LogP contribution in [0.25, 0.3) is 11.1 Å². The molecule has 0 amide bonds. The minimum atomic E-state index is -0.438. The van der Waals surface area contributed by atoms with Crippen molar-refractivity contribution >= 4 is 23.3 Å². The van der Waals surface area contributed by atoms with Gasteiger partial charge in [0.25, 0.3) is 0 Å².